The van der Waals surface area contributed by atoms with Gasteiger partial charge in [-0.25, -0.2) is 13.2 Å². The van der Waals surface area contributed by atoms with Crippen LogP contribution in [0.15, 0.2) is 24.3 Å². The monoisotopic (exact) mass is 411 g/mol. The molecule has 8 heteroatoms. The first-order valence-electron chi connectivity index (χ1n) is 5.56. The highest BCUT2D eigenvalue weighted by molar-refractivity contribution is 14.1. The van der Waals surface area contributed by atoms with Crippen molar-refractivity contribution in [2.24, 2.45) is 0 Å². The van der Waals surface area contributed by atoms with Crippen molar-refractivity contribution in [2.45, 2.75) is 6.42 Å². The number of nitrogens with zero attached hydrogens (tertiary/aromatic N) is 1. The number of nitro benzene ring substituents is 1. The van der Waals surface area contributed by atoms with E-state index in [1.807, 2.05) is 22.6 Å². The lowest BCUT2D eigenvalue weighted by molar-refractivity contribution is -0.388. The predicted molar refractivity (Wildman–Crippen MR) is 74.9 cm³/mol. The Morgan fingerprint density at radius 3 is 2.29 bits per heavy atom. The minimum Gasteiger partial charge on any atom is -0.258 e. The second-order valence-corrected chi connectivity index (χ2v) is 5.40. The Kier molecular flexibility index (Phi) is 4.45. The largest absolute Gasteiger partial charge is 0.311 e. The quantitative estimate of drug-likeness (QED) is 0.248. The maximum Gasteiger partial charge on any atom is 0.311 e. The van der Waals surface area contributed by atoms with Crippen LogP contribution in [0, 0.1) is 37.0 Å². The molecule has 21 heavy (non-hydrogen) atoms. The SMILES string of the molecule is O=[N+]([O-])c1c(F)cc(F)c(F)c1Cc1ccc(I)cc1F. The lowest BCUT2D eigenvalue weighted by Gasteiger charge is -2.08. The topological polar surface area (TPSA) is 43.1 Å². The van der Waals surface area contributed by atoms with E-state index in [-0.39, 0.29) is 11.6 Å². The number of hydrogen-bond acceptors (Lipinski definition) is 2. The molecule has 0 saturated carbocycles. The van der Waals surface area contributed by atoms with Crippen LogP contribution >= 0.6 is 22.6 Å². The molecule has 0 atom stereocenters. The van der Waals surface area contributed by atoms with Crippen LogP contribution in [0.1, 0.15) is 11.1 Å². The summed E-state index contributed by atoms with van der Waals surface area (Å²) in [5, 5.41) is 10.8. The summed E-state index contributed by atoms with van der Waals surface area (Å²) in [5.41, 5.74) is -2.10. The average Bonchev–Trinajstić information content (AvgIpc) is 2.38. The molecule has 0 bridgehead atoms. The zero-order valence-corrected chi connectivity index (χ0v) is 12.3. The van der Waals surface area contributed by atoms with E-state index in [2.05, 4.69) is 0 Å². The van der Waals surface area contributed by atoms with Gasteiger partial charge in [0.1, 0.15) is 5.82 Å². The highest BCUT2D eigenvalue weighted by atomic mass is 127. The Morgan fingerprint density at radius 1 is 1.05 bits per heavy atom. The molecule has 0 fully saturated rings. The van der Waals surface area contributed by atoms with Crippen molar-refractivity contribution in [3.63, 3.8) is 0 Å². The van der Waals surface area contributed by atoms with Gasteiger partial charge >= 0.3 is 5.69 Å². The minimum atomic E-state index is -1.56. The van der Waals surface area contributed by atoms with Crippen LogP contribution in [0.25, 0.3) is 0 Å². The molecule has 0 spiro atoms. The van der Waals surface area contributed by atoms with E-state index >= 15 is 0 Å². The van der Waals surface area contributed by atoms with E-state index in [1.165, 1.54) is 12.1 Å². The van der Waals surface area contributed by atoms with Gasteiger partial charge in [0.2, 0.25) is 5.82 Å². The summed E-state index contributed by atoms with van der Waals surface area (Å²) in [7, 11) is 0. The van der Waals surface area contributed by atoms with Crippen molar-refractivity contribution in [2.75, 3.05) is 0 Å². The molecule has 0 aliphatic heterocycles. The van der Waals surface area contributed by atoms with Gasteiger partial charge in [-0.15, -0.1) is 0 Å². The summed E-state index contributed by atoms with van der Waals surface area (Å²) in [6, 6.07) is 4.01. The molecule has 2 aromatic carbocycles. The van der Waals surface area contributed by atoms with Crippen molar-refractivity contribution in [1.82, 2.24) is 0 Å². The molecule has 0 aliphatic carbocycles. The second-order valence-electron chi connectivity index (χ2n) is 4.15. The standard InChI is InChI=1S/C13H6F4INO2/c14-9-4-7(18)2-1-6(9)3-8-12(17)10(15)5-11(16)13(8)19(20)21/h1-2,4-5H,3H2. The van der Waals surface area contributed by atoms with Gasteiger partial charge in [-0.2, -0.15) is 4.39 Å². The first-order chi connectivity index (χ1) is 9.81. The molecule has 0 N–H and O–H groups in total. The third-order valence-corrected chi connectivity index (χ3v) is 3.48. The molecular weight excluding hydrogens is 405 g/mol. The van der Waals surface area contributed by atoms with Crippen molar-refractivity contribution in [1.29, 1.82) is 0 Å². The summed E-state index contributed by atoms with van der Waals surface area (Å²) in [4.78, 5) is 9.66. The van der Waals surface area contributed by atoms with E-state index in [9.17, 15) is 27.7 Å². The highest BCUT2D eigenvalue weighted by Crippen LogP contribution is 2.30. The molecule has 0 saturated heterocycles. The molecule has 2 rings (SSSR count). The van der Waals surface area contributed by atoms with Crippen LogP contribution in [0.5, 0.6) is 0 Å². The maximum atomic E-state index is 13.7. The minimum absolute atomic E-state index is 0.0950. The normalized spacial score (nSPS) is 10.7. The predicted octanol–water partition coefficient (Wildman–Crippen LogP) is 4.35. The average molecular weight is 411 g/mol. The molecule has 2 aromatic rings. The Balaban J connectivity index is 2.60. The fourth-order valence-corrected chi connectivity index (χ4v) is 2.30. The first kappa shape index (κ1) is 15.7. The molecule has 0 heterocycles. The summed E-state index contributed by atoms with van der Waals surface area (Å²) >= 11 is 1.85. The first-order valence-corrected chi connectivity index (χ1v) is 6.63. The molecule has 0 amide bonds. The van der Waals surface area contributed by atoms with Crippen LogP contribution in [0.4, 0.5) is 23.2 Å². The summed E-state index contributed by atoms with van der Waals surface area (Å²) in [6.07, 6.45) is -0.625. The van der Waals surface area contributed by atoms with Crippen LogP contribution < -0.4 is 0 Å². The summed E-state index contributed by atoms with van der Waals surface area (Å²) in [6.45, 7) is 0. The number of benzene rings is 2. The van der Waals surface area contributed by atoms with Gasteiger partial charge in [0.15, 0.2) is 11.6 Å². The fraction of sp³-hybridized carbons (Fsp3) is 0.0769. The lowest BCUT2D eigenvalue weighted by Crippen LogP contribution is -2.06. The number of nitro groups is 1. The molecule has 0 aromatic heterocycles. The third-order valence-electron chi connectivity index (χ3n) is 2.81. The van der Waals surface area contributed by atoms with E-state index in [4.69, 9.17) is 0 Å². The van der Waals surface area contributed by atoms with Gasteiger partial charge in [0, 0.05) is 16.1 Å². The number of halogens is 5. The van der Waals surface area contributed by atoms with Gasteiger partial charge in [0.25, 0.3) is 0 Å². The van der Waals surface area contributed by atoms with Crippen LogP contribution in [-0.2, 0) is 6.42 Å². The van der Waals surface area contributed by atoms with Crippen LogP contribution in [0.3, 0.4) is 0 Å². The van der Waals surface area contributed by atoms with E-state index in [0.29, 0.717) is 3.57 Å². The van der Waals surface area contributed by atoms with Gasteiger partial charge < -0.3 is 0 Å². The molecular formula is C13H6F4INO2. The van der Waals surface area contributed by atoms with Gasteiger partial charge in [-0.3, -0.25) is 10.1 Å². The smallest absolute Gasteiger partial charge is 0.258 e. The number of hydrogen-bond donors (Lipinski definition) is 0. The Labute approximate surface area is 129 Å². The second kappa shape index (κ2) is 5.96. The van der Waals surface area contributed by atoms with Crippen molar-refractivity contribution < 1.29 is 22.5 Å². The summed E-state index contributed by atoms with van der Waals surface area (Å²) in [5.74, 6) is -5.35. The summed E-state index contributed by atoms with van der Waals surface area (Å²) < 4.78 is 54.7. The van der Waals surface area contributed by atoms with E-state index in [1.54, 1.807) is 0 Å². The van der Waals surface area contributed by atoms with Gasteiger partial charge in [-0.05, 0) is 40.3 Å². The van der Waals surface area contributed by atoms with Crippen molar-refractivity contribution in [3.05, 3.63) is 72.3 Å². The zero-order chi connectivity index (χ0) is 15.7. The van der Waals surface area contributed by atoms with Crippen LogP contribution in [-0.4, -0.2) is 4.92 Å². The maximum absolute atomic E-state index is 13.7. The van der Waals surface area contributed by atoms with Gasteiger partial charge in [-0.1, -0.05) is 6.07 Å². The van der Waals surface area contributed by atoms with Gasteiger partial charge in [0.05, 0.1) is 10.5 Å². The van der Waals surface area contributed by atoms with Crippen LogP contribution in [0.2, 0.25) is 0 Å². The van der Waals surface area contributed by atoms with Crippen molar-refractivity contribution in [3.8, 4) is 0 Å². The number of rotatable bonds is 3. The highest BCUT2D eigenvalue weighted by Gasteiger charge is 2.28. The lowest BCUT2D eigenvalue weighted by atomic mass is 10.0. The Bertz CT molecular complexity index is 737. The molecule has 0 radical (unpaired) electrons. The van der Waals surface area contributed by atoms with E-state index in [0.717, 1.165) is 6.07 Å². The third kappa shape index (κ3) is 3.14. The fourth-order valence-electron chi connectivity index (χ4n) is 1.85. The molecule has 0 unspecified atom stereocenters. The van der Waals surface area contributed by atoms with Crippen molar-refractivity contribution >= 4 is 28.3 Å². The molecule has 0 aliphatic rings. The molecule has 110 valence electrons. The Hall–Kier alpha value is -1.71. The molecule has 3 nitrogen and oxygen atoms in total. The zero-order valence-electron chi connectivity index (χ0n) is 10.2. The Morgan fingerprint density at radius 2 is 1.71 bits per heavy atom. The van der Waals surface area contributed by atoms with E-state index < -0.39 is 45.9 Å².